The van der Waals surface area contributed by atoms with Gasteiger partial charge in [0.1, 0.15) is 5.75 Å². The smallest absolute Gasteiger partial charge is 0.265 e. The Kier molecular flexibility index (Phi) is 3.78. The molecule has 2 aliphatic rings. The molecule has 0 saturated heterocycles. The molecule has 1 aromatic carbocycles. The van der Waals surface area contributed by atoms with Crippen LogP contribution in [0.1, 0.15) is 36.8 Å². The number of ether oxygens (including phenoxy) is 1. The molecule has 0 aromatic heterocycles. The average Bonchev–Trinajstić information content (AvgIpc) is 2.43. The number of halogens is 1. The number of amides is 1. The van der Waals surface area contributed by atoms with Gasteiger partial charge in [0.2, 0.25) is 0 Å². The van der Waals surface area contributed by atoms with Crippen molar-refractivity contribution in [3.63, 3.8) is 0 Å². The van der Waals surface area contributed by atoms with Crippen LogP contribution in [0.15, 0.2) is 12.1 Å². The number of hydrogen-bond donors (Lipinski definition) is 1. The minimum atomic E-state index is -0.341. The molecule has 1 aliphatic heterocycles. The highest BCUT2D eigenvalue weighted by Gasteiger charge is 2.28. The average molecular weight is 324 g/mol. The van der Waals surface area contributed by atoms with Gasteiger partial charge in [0.05, 0.1) is 5.69 Å². The predicted octanol–water partition coefficient (Wildman–Crippen LogP) is 3.44. The normalized spacial score (nSPS) is 21.1. The van der Waals surface area contributed by atoms with Crippen LogP contribution in [0.5, 0.6) is 5.75 Å². The van der Waals surface area contributed by atoms with Gasteiger partial charge >= 0.3 is 0 Å². The third-order valence-corrected chi connectivity index (χ3v) is 4.42. The lowest BCUT2D eigenvalue weighted by Gasteiger charge is -2.28. The number of fused-ring (bicyclic) bond motifs is 2. The minimum absolute atomic E-state index is 0.00999. The summed E-state index contributed by atoms with van der Waals surface area (Å²) in [6.07, 6.45) is 6.11. The zero-order valence-corrected chi connectivity index (χ0v) is 12.5. The lowest BCUT2D eigenvalue weighted by Crippen LogP contribution is -2.37. The molecule has 3 nitrogen and oxygen atoms in total. The Hall–Kier alpha value is -1.03. The molecule has 0 bridgehead atoms. The standard InChI is InChI=1S/C15H18BrNO2/c16-7-3-6-13-15(18)17-12-8-10-4-1-2-5-11(10)9-14(12)19-13/h8-9,13H,1-7H2,(H,17,18). The summed E-state index contributed by atoms with van der Waals surface area (Å²) in [4.78, 5) is 12.0. The van der Waals surface area contributed by atoms with E-state index in [1.807, 2.05) is 0 Å². The van der Waals surface area contributed by atoms with E-state index < -0.39 is 0 Å². The molecule has 1 N–H and O–H groups in total. The molecule has 0 fully saturated rings. The van der Waals surface area contributed by atoms with E-state index in [1.165, 1.54) is 24.0 Å². The van der Waals surface area contributed by atoms with Gasteiger partial charge in [0, 0.05) is 5.33 Å². The first-order valence-corrected chi connectivity index (χ1v) is 8.09. The molecule has 1 unspecified atom stereocenters. The molecular formula is C15H18BrNO2. The molecule has 0 radical (unpaired) electrons. The van der Waals surface area contributed by atoms with Crippen LogP contribution in [0.25, 0.3) is 0 Å². The Bertz CT molecular complexity index is 501. The monoisotopic (exact) mass is 323 g/mol. The molecule has 0 spiro atoms. The van der Waals surface area contributed by atoms with Crippen molar-refractivity contribution in [1.82, 2.24) is 0 Å². The van der Waals surface area contributed by atoms with Crippen LogP contribution >= 0.6 is 15.9 Å². The summed E-state index contributed by atoms with van der Waals surface area (Å²) >= 11 is 3.39. The van der Waals surface area contributed by atoms with Crippen LogP contribution in [0.2, 0.25) is 0 Å². The van der Waals surface area contributed by atoms with E-state index in [9.17, 15) is 4.79 Å². The van der Waals surface area contributed by atoms with E-state index in [2.05, 4.69) is 33.4 Å². The van der Waals surface area contributed by atoms with Crippen LogP contribution in [0.4, 0.5) is 5.69 Å². The maximum absolute atomic E-state index is 12.0. The van der Waals surface area contributed by atoms with Crippen molar-refractivity contribution in [3.05, 3.63) is 23.3 Å². The second-order valence-corrected chi connectivity index (χ2v) is 6.04. The van der Waals surface area contributed by atoms with Crippen molar-refractivity contribution in [2.45, 2.75) is 44.6 Å². The molecular weight excluding hydrogens is 306 g/mol. The molecule has 4 heteroatoms. The fourth-order valence-electron chi connectivity index (χ4n) is 2.83. The first kappa shape index (κ1) is 13.0. The van der Waals surface area contributed by atoms with Crippen molar-refractivity contribution in [2.24, 2.45) is 0 Å². The van der Waals surface area contributed by atoms with Crippen LogP contribution in [-0.2, 0) is 17.6 Å². The second kappa shape index (κ2) is 5.53. The van der Waals surface area contributed by atoms with Gasteiger partial charge in [-0.1, -0.05) is 15.9 Å². The summed E-state index contributed by atoms with van der Waals surface area (Å²) in [6, 6.07) is 4.23. The molecule has 1 aliphatic carbocycles. The zero-order chi connectivity index (χ0) is 13.2. The third-order valence-electron chi connectivity index (χ3n) is 3.86. The third kappa shape index (κ3) is 2.64. The van der Waals surface area contributed by atoms with E-state index in [0.717, 1.165) is 42.5 Å². The minimum Gasteiger partial charge on any atom is -0.478 e. The molecule has 1 heterocycles. The lowest BCUT2D eigenvalue weighted by atomic mass is 9.90. The lowest BCUT2D eigenvalue weighted by molar-refractivity contribution is -0.123. The summed E-state index contributed by atoms with van der Waals surface area (Å²) in [5.41, 5.74) is 3.61. The van der Waals surface area contributed by atoms with E-state index in [0.29, 0.717) is 0 Å². The number of carbonyl (C=O) groups is 1. The Balaban J connectivity index is 1.85. The zero-order valence-electron chi connectivity index (χ0n) is 10.9. The van der Waals surface area contributed by atoms with Crippen molar-refractivity contribution < 1.29 is 9.53 Å². The molecule has 19 heavy (non-hydrogen) atoms. The maximum Gasteiger partial charge on any atom is 0.265 e. The maximum atomic E-state index is 12.0. The van der Waals surface area contributed by atoms with Crippen molar-refractivity contribution in [3.8, 4) is 5.75 Å². The number of rotatable bonds is 3. The van der Waals surface area contributed by atoms with Gasteiger partial charge in [-0.05, 0) is 61.8 Å². The fourth-order valence-corrected chi connectivity index (χ4v) is 3.15. The summed E-state index contributed by atoms with van der Waals surface area (Å²) in [5, 5.41) is 3.89. The summed E-state index contributed by atoms with van der Waals surface area (Å²) in [7, 11) is 0. The van der Waals surface area contributed by atoms with E-state index in [1.54, 1.807) is 0 Å². The number of alkyl halides is 1. The van der Waals surface area contributed by atoms with E-state index in [4.69, 9.17) is 4.74 Å². The number of benzene rings is 1. The highest BCUT2D eigenvalue weighted by Crippen LogP contribution is 2.36. The van der Waals surface area contributed by atoms with E-state index >= 15 is 0 Å². The Morgan fingerprint density at radius 3 is 2.74 bits per heavy atom. The second-order valence-electron chi connectivity index (χ2n) is 5.25. The molecule has 1 atom stereocenters. The van der Waals surface area contributed by atoms with Gasteiger partial charge in [-0.15, -0.1) is 0 Å². The highest BCUT2D eigenvalue weighted by molar-refractivity contribution is 9.09. The number of anilines is 1. The molecule has 102 valence electrons. The Labute approximate surface area is 121 Å². The summed E-state index contributed by atoms with van der Waals surface area (Å²) in [6.45, 7) is 0. The summed E-state index contributed by atoms with van der Waals surface area (Å²) in [5.74, 6) is 0.837. The molecule has 1 aromatic rings. The van der Waals surface area contributed by atoms with Gasteiger partial charge in [0.25, 0.3) is 5.91 Å². The topological polar surface area (TPSA) is 38.3 Å². The number of carbonyl (C=O) groups excluding carboxylic acids is 1. The molecule has 0 saturated carbocycles. The number of aryl methyl sites for hydroxylation is 2. The highest BCUT2D eigenvalue weighted by atomic mass is 79.9. The first-order valence-electron chi connectivity index (χ1n) is 6.97. The van der Waals surface area contributed by atoms with E-state index in [-0.39, 0.29) is 12.0 Å². The predicted molar refractivity (Wildman–Crippen MR) is 79.2 cm³/mol. The van der Waals surface area contributed by atoms with Crippen LogP contribution in [0.3, 0.4) is 0 Å². The SMILES string of the molecule is O=C1Nc2cc3c(cc2OC1CCCBr)CCCC3. The van der Waals surface area contributed by atoms with Gasteiger partial charge in [-0.25, -0.2) is 0 Å². The van der Waals surface area contributed by atoms with Gasteiger partial charge in [0.15, 0.2) is 6.10 Å². The van der Waals surface area contributed by atoms with Gasteiger partial charge < -0.3 is 10.1 Å². The number of nitrogens with one attached hydrogen (secondary N) is 1. The molecule has 3 rings (SSSR count). The fraction of sp³-hybridized carbons (Fsp3) is 0.533. The van der Waals surface area contributed by atoms with Crippen LogP contribution in [0, 0.1) is 0 Å². The summed E-state index contributed by atoms with van der Waals surface area (Å²) < 4.78 is 5.88. The van der Waals surface area contributed by atoms with Gasteiger partial charge in [-0.3, -0.25) is 4.79 Å². The van der Waals surface area contributed by atoms with Crippen LogP contribution < -0.4 is 10.1 Å². The molecule has 1 amide bonds. The quantitative estimate of drug-likeness (QED) is 0.865. The Morgan fingerprint density at radius 2 is 2.00 bits per heavy atom. The Morgan fingerprint density at radius 1 is 1.26 bits per heavy atom. The van der Waals surface area contributed by atoms with Crippen molar-refractivity contribution >= 4 is 27.5 Å². The van der Waals surface area contributed by atoms with Crippen LogP contribution in [-0.4, -0.2) is 17.3 Å². The number of hydrogen-bond acceptors (Lipinski definition) is 2. The first-order chi connectivity index (χ1) is 9.28. The van der Waals surface area contributed by atoms with Crippen molar-refractivity contribution in [1.29, 1.82) is 0 Å². The largest absolute Gasteiger partial charge is 0.478 e. The van der Waals surface area contributed by atoms with Crippen molar-refractivity contribution in [2.75, 3.05) is 10.6 Å². The van der Waals surface area contributed by atoms with Gasteiger partial charge in [-0.2, -0.15) is 0 Å².